The van der Waals surface area contributed by atoms with Crippen LogP contribution in [0.25, 0.3) is 10.9 Å². The second-order valence-electron chi connectivity index (χ2n) is 10.9. The molecular formula is C34H53N3. The van der Waals surface area contributed by atoms with Crippen molar-refractivity contribution >= 4 is 16.6 Å². The van der Waals surface area contributed by atoms with E-state index >= 15 is 0 Å². The van der Waals surface area contributed by atoms with Crippen molar-refractivity contribution in [3.8, 4) is 0 Å². The number of benzene rings is 2. The molecule has 4 atom stereocenters. The normalized spacial score (nSPS) is 25.4. The summed E-state index contributed by atoms with van der Waals surface area (Å²) < 4.78 is 0. The predicted molar refractivity (Wildman–Crippen MR) is 164 cm³/mol. The van der Waals surface area contributed by atoms with Gasteiger partial charge in [0.15, 0.2) is 0 Å². The van der Waals surface area contributed by atoms with E-state index < -0.39 is 0 Å². The molecule has 3 heteroatoms. The van der Waals surface area contributed by atoms with Crippen LogP contribution < -0.4 is 10.6 Å². The minimum absolute atomic E-state index is 0.254. The molecule has 1 aromatic heterocycles. The molecule has 6 rings (SSSR count). The van der Waals surface area contributed by atoms with Crippen molar-refractivity contribution in [1.82, 2.24) is 10.3 Å². The number of unbranched alkanes of at least 4 members (excludes halogenated alkanes) is 1. The van der Waals surface area contributed by atoms with E-state index in [1.807, 2.05) is 27.7 Å². The molecule has 37 heavy (non-hydrogen) atoms. The smallest absolute Gasteiger partial charge is 0.0732 e. The lowest BCUT2D eigenvalue weighted by atomic mass is 9.77. The largest absolute Gasteiger partial charge is 0.380 e. The summed E-state index contributed by atoms with van der Waals surface area (Å²) in [7, 11) is 0. The lowest BCUT2D eigenvalue weighted by Gasteiger charge is -2.38. The number of nitrogens with one attached hydrogen (secondary N) is 3. The van der Waals surface area contributed by atoms with Crippen molar-refractivity contribution in [1.29, 1.82) is 0 Å². The highest BCUT2D eigenvalue weighted by molar-refractivity contribution is 5.85. The fraction of sp³-hybridized carbons (Fsp3) is 0.588. The van der Waals surface area contributed by atoms with Crippen LogP contribution >= 0.6 is 0 Å². The maximum absolute atomic E-state index is 3.96. The summed E-state index contributed by atoms with van der Waals surface area (Å²) in [5, 5.41) is 9.07. The third-order valence-corrected chi connectivity index (χ3v) is 8.20. The minimum Gasteiger partial charge on any atom is -0.380 e. The van der Waals surface area contributed by atoms with Crippen molar-refractivity contribution in [2.45, 2.75) is 111 Å². The Balaban J connectivity index is 0.000000429. The number of aromatic amines is 1. The second kappa shape index (κ2) is 14.0. The van der Waals surface area contributed by atoms with Crippen LogP contribution in [0.5, 0.6) is 0 Å². The van der Waals surface area contributed by atoms with E-state index in [-0.39, 0.29) is 6.04 Å². The second-order valence-corrected chi connectivity index (χ2v) is 10.9. The number of anilines is 1. The predicted octanol–water partition coefficient (Wildman–Crippen LogP) is 9.64. The van der Waals surface area contributed by atoms with Gasteiger partial charge in [-0.2, -0.15) is 0 Å². The number of rotatable bonds is 4. The van der Waals surface area contributed by atoms with E-state index in [2.05, 4.69) is 84.9 Å². The Morgan fingerprint density at radius 3 is 2.32 bits per heavy atom. The van der Waals surface area contributed by atoms with E-state index in [1.165, 1.54) is 78.4 Å². The molecule has 204 valence electrons. The Labute approximate surface area is 227 Å². The van der Waals surface area contributed by atoms with E-state index in [4.69, 9.17) is 0 Å². The minimum atomic E-state index is 0.254. The molecule has 2 bridgehead atoms. The molecule has 2 saturated carbocycles. The van der Waals surface area contributed by atoms with Crippen molar-refractivity contribution in [2.75, 3.05) is 11.9 Å². The van der Waals surface area contributed by atoms with Gasteiger partial charge in [-0.25, -0.2) is 0 Å². The lowest BCUT2D eigenvalue weighted by Crippen LogP contribution is -2.40. The van der Waals surface area contributed by atoms with Crippen LogP contribution in [-0.4, -0.2) is 17.1 Å². The van der Waals surface area contributed by atoms with Gasteiger partial charge < -0.3 is 15.6 Å². The average molecular weight is 504 g/mol. The molecular weight excluding hydrogens is 450 g/mol. The summed E-state index contributed by atoms with van der Waals surface area (Å²) >= 11 is 0. The van der Waals surface area contributed by atoms with Gasteiger partial charge in [0.25, 0.3) is 0 Å². The van der Waals surface area contributed by atoms with Crippen LogP contribution in [0.2, 0.25) is 0 Å². The molecule has 0 amide bonds. The standard InChI is InChI=1S/C26H31N3.C4H10.2C2H6/c1-17-14-18-10-12-26(15-17,16-18)29-20-8-6-19(7-9-20)24-25-22(11-13-27-24)21-4-2-3-5-23(21)28-25;1-3-4-2;2*1-2/h2-9,17-18,24,27-29H,10-16H2,1H3;3-4H2,1-2H3;2*1-2H3. The summed E-state index contributed by atoms with van der Waals surface area (Å²) in [6, 6.07) is 18.2. The van der Waals surface area contributed by atoms with Gasteiger partial charge in [0, 0.05) is 34.4 Å². The topological polar surface area (TPSA) is 39.8 Å². The zero-order valence-corrected chi connectivity index (χ0v) is 24.7. The molecule has 0 saturated heterocycles. The van der Waals surface area contributed by atoms with Crippen LogP contribution in [0.3, 0.4) is 0 Å². The molecule has 2 aliphatic carbocycles. The van der Waals surface area contributed by atoms with Gasteiger partial charge in [-0.3, -0.25) is 0 Å². The first-order valence-electron chi connectivity index (χ1n) is 15.3. The molecule has 3 N–H and O–H groups in total. The maximum Gasteiger partial charge on any atom is 0.0732 e. The Bertz CT molecular complexity index is 1060. The van der Waals surface area contributed by atoms with Crippen LogP contribution in [0.15, 0.2) is 48.5 Å². The molecule has 2 fully saturated rings. The molecule has 3 aliphatic rings. The first kappa shape index (κ1) is 29.3. The highest BCUT2D eigenvalue weighted by atomic mass is 15.0. The Kier molecular flexibility index (Phi) is 11.1. The summed E-state index contributed by atoms with van der Waals surface area (Å²) in [4.78, 5) is 3.69. The SMILES string of the molecule is CC.CC.CC1CC2CCC(Nc3ccc(C4NCCc5c4[nH]c4ccccc54)cc3)(C1)C2.CCCC. The molecule has 2 heterocycles. The number of para-hydroxylation sites is 1. The van der Waals surface area contributed by atoms with Crippen LogP contribution in [-0.2, 0) is 6.42 Å². The highest BCUT2D eigenvalue weighted by Crippen LogP contribution is 2.49. The van der Waals surface area contributed by atoms with E-state index in [0.29, 0.717) is 5.54 Å². The number of hydrogen-bond donors (Lipinski definition) is 3. The highest BCUT2D eigenvalue weighted by Gasteiger charge is 2.44. The van der Waals surface area contributed by atoms with E-state index in [9.17, 15) is 0 Å². The van der Waals surface area contributed by atoms with Gasteiger partial charge in [-0.1, -0.05) is 91.6 Å². The van der Waals surface area contributed by atoms with Crippen LogP contribution in [0.4, 0.5) is 5.69 Å². The molecule has 4 unspecified atom stereocenters. The van der Waals surface area contributed by atoms with Gasteiger partial charge >= 0.3 is 0 Å². The van der Waals surface area contributed by atoms with E-state index in [0.717, 1.165) is 24.8 Å². The number of hydrogen-bond acceptors (Lipinski definition) is 2. The molecule has 0 radical (unpaired) electrons. The first-order chi connectivity index (χ1) is 18.1. The summed E-state index contributed by atoms with van der Waals surface area (Å²) in [6.07, 6.45) is 10.6. The Morgan fingerprint density at radius 1 is 0.919 bits per heavy atom. The van der Waals surface area contributed by atoms with Crippen molar-refractivity contribution in [2.24, 2.45) is 11.8 Å². The Hall–Kier alpha value is -2.26. The molecule has 1 aliphatic heterocycles. The fourth-order valence-electron chi connectivity index (χ4n) is 6.64. The van der Waals surface area contributed by atoms with Crippen molar-refractivity contribution < 1.29 is 0 Å². The number of fused-ring (bicyclic) bond motifs is 5. The third kappa shape index (κ3) is 6.79. The van der Waals surface area contributed by atoms with Gasteiger partial charge in [-0.15, -0.1) is 0 Å². The van der Waals surface area contributed by atoms with Gasteiger partial charge in [0.05, 0.1) is 6.04 Å². The van der Waals surface area contributed by atoms with Gasteiger partial charge in [0.2, 0.25) is 0 Å². The van der Waals surface area contributed by atoms with Gasteiger partial charge in [0.1, 0.15) is 0 Å². The zero-order chi connectivity index (χ0) is 26.8. The third-order valence-electron chi connectivity index (χ3n) is 8.20. The lowest BCUT2D eigenvalue weighted by molar-refractivity contribution is 0.259. The quantitative estimate of drug-likeness (QED) is 0.331. The van der Waals surface area contributed by atoms with Crippen LogP contribution in [0, 0.1) is 11.8 Å². The molecule has 2 aromatic carbocycles. The first-order valence-corrected chi connectivity index (χ1v) is 15.3. The molecule has 3 aromatic rings. The fourth-order valence-corrected chi connectivity index (χ4v) is 6.64. The Morgan fingerprint density at radius 2 is 1.62 bits per heavy atom. The summed E-state index contributed by atoms with van der Waals surface area (Å²) in [6.45, 7) is 15.8. The van der Waals surface area contributed by atoms with E-state index in [1.54, 1.807) is 0 Å². The zero-order valence-electron chi connectivity index (χ0n) is 24.7. The number of aromatic nitrogens is 1. The van der Waals surface area contributed by atoms with Crippen molar-refractivity contribution in [3.63, 3.8) is 0 Å². The van der Waals surface area contributed by atoms with Gasteiger partial charge in [-0.05, 0) is 79.7 Å². The van der Waals surface area contributed by atoms with Crippen LogP contribution in [0.1, 0.15) is 116 Å². The summed E-state index contributed by atoms with van der Waals surface area (Å²) in [5.41, 5.74) is 7.07. The maximum atomic E-state index is 3.96. The van der Waals surface area contributed by atoms with Crippen molar-refractivity contribution in [3.05, 3.63) is 65.4 Å². The average Bonchev–Trinajstić information content (AvgIpc) is 3.48. The molecule has 0 spiro atoms. The monoisotopic (exact) mass is 503 g/mol. The molecule has 3 nitrogen and oxygen atoms in total. The summed E-state index contributed by atoms with van der Waals surface area (Å²) in [5.74, 6) is 1.80. The number of H-pyrrole nitrogens is 1.